The first-order valence-corrected chi connectivity index (χ1v) is 9.78. The van der Waals surface area contributed by atoms with E-state index in [1.807, 2.05) is 24.3 Å². The van der Waals surface area contributed by atoms with Crippen molar-refractivity contribution in [1.82, 2.24) is 9.88 Å². The molecule has 28 heavy (non-hydrogen) atoms. The second kappa shape index (κ2) is 7.86. The Balaban J connectivity index is 1.60. The Hall–Kier alpha value is -2.50. The second-order valence-corrected chi connectivity index (χ2v) is 7.82. The molecule has 1 aliphatic rings. The lowest BCUT2D eigenvalue weighted by Crippen LogP contribution is -2.25. The van der Waals surface area contributed by atoms with E-state index in [-0.39, 0.29) is 11.7 Å². The Bertz CT molecular complexity index is 984. The first kappa shape index (κ1) is 18.8. The summed E-state index contributed by atoms with van der Waals surface area (Å²) >= 11 is 6.13. The summed E-state index contributed by atoms with van der Waals surface area (Å²) in [5.74, 6) is 1.72. The van der Waals surface area contributed by atoms with Gasteiger partial charge < -0.3 is 14.3 Å². The van der Waals surface area contributed by atoms with Gasteiger partial charge in [-0.15, -0.1) is 0 Å². The average Bonchev–Trinajstić information content (AvgIpc) is 3.02. The molecule has 2 aromatic carbocycles. The van der Waals surface area contributed by atoms with E-state index in [9.17, 15) is 5.11 Å². The van der Waals surface area contributed by atoms with Gasteiger partial charge in [0.1, 0.15) is 12.9 Å². The first-order valence-electron chi connectivity index (χ1n) is 9.41. The maximum Gasteiger partial charge on any atom is 0.196 e. The third kappa shape index (κ3) is 4.01. The Morgan fingerprint density at radius 1 is 1.21 bits per heavy atom. The van der Waals surface area contributed by atoms with E-state index in [0.717, 1.165) is 34.8 Å². The van der Waals surface area contributed by atoms with Gasteiger partial charge >= 0.3 is 0 Å². The molecule has 5 nitrogen and oxygen atoms in total. The molecule has 146 valence electrons. The summed E-state index contributed by atoms with van der Waals surface area (Å²) in [6.45, 7) is 6.69. The minimum absolute atomic E-state index is 0.151. The fourth-order valence-electron chi connectivity index (χ4n) is 3.41. The number of fused-ring (bicyclic) bond motifs is 1. The molecule has 3 aromatic rings. The van der Waals surface area contributed by atoms with Gasteiger partial charge in [0.05, 0.1) is 5.69 Å². The van der Waals surface area contributed by atoms with Crippen LogP contribution in [0, 0.1) is 0 Å². The molecular formula is C22H23ClN2O3. The molecule has 1 aliphatic heterocycles. The highest BCUT2D eigenvalue weighted by Gasteiger charge is 2.21. The molecule has 4 rings (SSSR count). The molecule has 0 bridgehead atoms. The van der Waals surface area contributed by atoms with Gasteiger partial charge in [-0.3, -0.25) is 4.90 Å². The van der Waals surface area contributed by atoms with Crippen molar-refractivity contribution >= 4 is 11.6 Å². The van der Waals surface area contributed by atoms with E-state index in [0.29, 0.717) is 30.5 Å². The molecule has 0 saturated carbocycles. The molecule has 1 aromatic heterocycles. The van der Waals surface area contributed by atoms with Crippen molar-refractivity contribution in [3.8, 4) is 22.6 Å². The van der Waals surface area contributed by atoms with Crippen LogP contribution in [-0.4, -0.2) is 28.1 Å². The van der Waals surface area contributed by atoms with E-state index >= 15 is 0 Å². The normalized spacial score (nSPS) is 14.6. The number of hydrogen-bond donors (Lipinski definition) is 1. The second-order valence-electron chi connectivity index (χ2n) is 7.38. The number of benzene rings is 2. The van der Waals surface area contributed by atoms with Gasteiger partial charge in [0, 0.05) is 36.1 Å². The number of halogens is 1. The number of oxazole rings is 1. The molecule has 0 atom stereocenters. The Morgan fingerprint density at radius 3 is 2.82 bits per heavy atom. The summed E-state index contributed by atoms with van der Waals surface area (Å²) in [5.41, 5.74) is 3.72. The summed E-state index contributed by atoms with van der Waals surface area (Å²) < 4.78 is 11.4. The van der Waals surface area contributed by atoms with Gasteiger partial charge in [0.25, 0.3) is 0 Å². The van der Waals surface area contributed by atoms with Crippen LogP contribution in [0.4, 0.5) is 0 Å². The molecule has 0 radical (unpaired) electrons. The molecule has 1 N–H and O–H groups in total. The van der Waals surface area contributed by atoms with Crippen LogP contribution in [0.3, 0.4) is 0 Å². The van der Waals surface area contributed by atoms with Gasteiger partial charge in [-0.25, -0.2) is 4.98 Å². The van der Waals surface area contributed by atoms with E-state index in [4.69, 9.17) is 20.8 Å². The zero-order valence-corrected chi connectivity index (χ0v) is 16.7. The van der Waals surface area contributed by atoms with E-state index in [1.165, 1.54) is 0 Å². The maximum absolute atomic E-state index is 10.5. The molecular weight excluding hydrogens is 376 g/mol. The minimum atomic E-state index is 0.151. The van der Waals surface area contributed by atoms with Crippen molar-refractivity contribution in [2.45, 2.75) is 32.9 Å². The largest absolute Gasteiger partial charge is 0.504 e. The number of hydrogen-bond acceptors (Lipinski definition) is 5. The van der Waals surface area contributed by atoms with Crippen molar-refractivity contribution < 1.29 is 14.3 Å². The van der Waals surface area contributed by atoms with Crippen molar-refractivity contribution in [2.75, 3.05) is 13.2 Å². The SMILES string of the molecule is CC(C)c1nc(CN2CCOc3c(O)cc(-c4cccc(Cl)c4)cc3C2)co1. The highest BCUT2D eigenvalue weighted by atomic mass is 35.5. The molecule has 6 heteroatoms. The lowest BCUT2D eigenvalue weighted by atomic mass is 10.0. The smallest absolute Gasteiger partial charge is 0.196 e. The van der Waals surface area contributed by atoms with Crippen LogP contribution in [0.25, 0.3) is 11.1 Å². The summed E-state index contributed by atoms with van der Waals surface area (Å²) in [5, 5.41) is 11.2. The fourth-order valence-corrected chi connectivity index (χ4v) is 3.60. The van der Waals surface area contributed by atoms with Crippen LogP contribution in [-0.2, 0) is 13.1 Å². The Labute approximate surface area is 169 Å². The van der Waals surface area contributed by atoms with E-state index in [1.54, 1.807) is 12.3 Å². The topological polar surface area (TPSA) is 58.7 Å². The highest BCUT2D eigenvalue weighted by Crippen LogP contribution is 2.38. The standard InChI is InChI=1S/C22H23ClN2O3/c1-14(2)22-24-19(13-28-22)12-25-6-7-27-21-17(11-25)8-16(10-20(21)26)15-4-3-5-18(23)9-15/h3-5,8-10,13-14,26H,6-7,11-12H2,1-2H3. The number of phenols is 1. The fraction of sp³-hybridized carbons (Fsp3) is 0.318. The summed E-state index contributed by atoms with van der Waals surface area (Å²) in [4.78, 5) is 6.81. The molecule has 0 fully saturated rings. The molecule has 0 aliphatic carbocycles. The molecule has 0 amide bonds. The van der Waals surface area contributed by atoms with E-state index < -0.39 is 0 Å². The number of aromatic nitrogens is 1. The number of ether oxygens (including phenoxy) is 1. The number of nitrogens with zero attached hydrogens (tertiary/aromatic N) is 2. The van der Waals surface area contributed by atoms with Crippen LogP contribution < -0.4 is 4.74 Å². The maximum atomic E-state index is 10.5. The molecule has 0 saturated heterocycles. The van der Waals surface area contributed by atoms with Gasteiger partial charge in [-0.1, -0.05) is 37.6 Å². The van der Waals surface area contributed by atoms with Crippen molar-refractivity contribution in [2.24, 2.45) is 0 Å². The van der Waals surface area contributed by atoms with Crippen molar-refractivity contribution in [3.63, 3.8) is 0 Å². The lowest BCUT2D eigenvalue weighted by molar-refractivity contribution is 0.215. The third-order valence-corrected chi connectivity index (χ3v) is 5.04. The highest BCUT2D eigenvalue weighted by molar-refractivity contribution is 6.30. The number of rotatable bonds is 4. The third-order valence-electron chi connectivity index (χ3n) is 4.80. The zero-order valence-electron chi connectivity index (χ0n) is 16.0. The van der Waals surface area contributed by atoms with Crippen LogP contribution >= 0.6 is 11.6 Å². The minimum Gasteiger partial charge on any atom is -0.504 e. The lowest BCUT2D eigenvalue weighted by Gasteiger charge is -2.18. The predicted molar refractivity (Wildman–Crippen MR) is 109 cm³/mol. The molecule has 2 heterocycles. The summed E-state index contributed by atoms with van der Waals surface area (Å²) in [6.07, 6.45) is 1.72. The van der Waals surface area contributed by atoms with Crippen LogP contribution in [0.15, 0.2) is 47.1 Å². The zero-order chi connectivity index (χ0) is 19.7. The van der Waals surface area contributed by atoms with Crippen LogP contribution in [0.1, 0.15) is 36.9 Å². The van der Waals surface area contributed by atoms with Crippen LogP contribution in [0.2, 0.25) is 5.02 Å². The quantitative estimate of drug-likeness (QED) is 0.653. The summed E-state index contributed by atoms with van der Waals surface area (Å²) in [6, 6.07) is 11.4. The first-order chi connectivity index (χ1) is 13.5. The van der Waals surface area contributed by atoms with Gasteiger partial charge in [-0.05, 0) is 35.4 Å². The number of aromatic hydroxyl groups is 1. The van der Waals surface area contributed by atoms with Gasteiger partial charge in [-0.2, -0.15) is 0 Å². The van der Waals surface area contributed by atoms with Crippen molar-refractivity contribution in [3.05, 3.63) is 64.8 Å². The Kier molecular flexibility index (Phi) is 5.29. The monoisotopic (exact) mass is 398 g/mol. The Morgan fingerprint density at radius 2 is 2.07 bits per heavy atom. The van der Waals surface area contributed by atoms with Crippen LogP contribution in [0.5, 0.6) is 11.5 Å². The molecule has 0 spiro atoms. The van der Waals surface area contributed by atoms with Gasteiger partial charge in [0.15, 0.2) is 17.4 Å². The van der Waals surface area contributed by atoms with Crippen molar-refractivity contribution in [1.29, 1.82) is 0 Å². The number of phenolic OH excluding ortho intramolecular Hbond substituents is 1. The van der Waals surface area contributed by atoms with Gasteiger partial charge in [0.2, 0.25) is 0 Å². The van der Waals surface area contributed by atoms with E-state index in [2.05, 4.69) is 29.8 Å². The predicted octanol–water partition coefficient (Wildman–Crippen LogP) is 5.22. The average molecular weight is 399 g/mol. The summed E-state index contributed by atoms with van der Waals surface area (Å²) in [7, 11) is 0. The molecule has 0 unspecified atom stereocenters.